The highest BCUT2D eigenvalue weighted by Gasteiger charge is 2.28. The van der Waals surface area contributed by atoms with Crippen LogP contribution in [0.4, 0.5) is 0 Å². The van der Waals surface area contributed by atoms with Crippen LogP contribution >= 0.6 is 0 Å². The third kappa shape index (κ3) is 4.34. The summed E-state index contributed by atoms with van der Waals surface area (Å²) in [5.41, 5.74) is 2.90. The Balaban J connectivity index is 1.25. The first-order chi connectivity index (χ1) is 16.6. The number of nitrogens with zero attached hydrogens (tertiary/aromatic N) is 4. The molecule has 0 bridgehead atoms. The molecular formula is C26H24N4O4. The van der Waals surface area contributed by atoms with Crippen molar-refractivity contribution in [2.45, 2.75) is 12.8 Å². The van der Waals surface area contributed by atoms with Crippen LogP contribution in [0.2, 0.25) is 0 Å². The molecule has 0 radical (unpaired) electrons. The van der Waals surface area contributed by atoms with Gasteiger partial charge in [-0.15, -0.1) is 0 Å². The predicted molar refractivity (Wildman–Crippen MR) is 125 cm³/mol. The summed E-state index contributed by atoms with van der Waals surface area (Å²) in [5, 5.41) is 4.32. The van der Waals surface area contributed by atoms with E-state index in [2.05, 4.69) is 5.10 Å². The standard InChI is InChI=1S/C26H24N4O4/c31-23(20-5-2-1-3-6-20)9-8-19-10-11-30-22(17-19)21(18-27-30)25(32)28-12-14-29(15-13-28)26(33)24-7-4-16-34-24/h1-7,10-11,16-18H,8-9,12-15H2. The summed E-state index contributed by atoms with van der Waals surface area (Å²) < 4.78 is 6.87. The molecule has 0 N–H and O–H groups in total. The second kappa shape index (κ2) is 9.35. The number of aromatic nitrogens is 2. The highest BCUT2D eigenvalue weighted by atomic mass is 16.3. The minimum absolute atomic E-state index is 0.0900. The van der Waals surface area contributed by atoms with E-state index in [0.717, 1.165) is 5.56 Å². The maximum absolute atomic E-state index is 13.2. The Bertz CT molecular complexity index is 1320. The number of amides is 2. The molecule has 0 unspecified atom stereocenters. The molecule has 34 heavy (non-hydrogen) atoms. The minimum Gasteiger partial charge on any atom is -0.459 e. The molecule has 8 heteroatoms. The summed E-state index contributed by atoms with van der Waals surface area (Å²) in [7, 11) is 0. The molecule has 172 valence electrons. The van der Waals surface area contributed by atoms with E-state index in [1.54, 1.807) is 32.6 Å². The molecule has 4 aromatic rings. The molecule has 5 rings (SSSR count). The average molecular weight is 457 g/mol. The van der Waals surface area contributed by atoms with E-state index in [1.807, 2.05) is 48.7 Å². The topological polar surface area (TPSA) is 88.1 Å². The first-order valence-corrected chi connectivity index (χ1v) is 11.3. The van der Waals surface area contributed by atoms with Crippen LogP contribution in [0.15, 0.2) is 77.7 Å². The van der Waals surface area contributed by atoms with Crippen LogP contribution in [-0.4, -0.2) is 63.2 Å². The number of aryl methyl sites for hydroxylation is 1. The van der Waals surface area contributed by atoms with Gasteiger partial charge in [-0.05, 0) is 36.2 Å². The van der Waals surface area contributed by atoms with Gasteiger partial charge < -0.3 is 14.2 Å². The lowest BCUT2D eigenvalue weighted by Gasteiger charge is -2.34. The highest BCUT2D eigenvalue weighted by Crippen LogP contribution is 2.18. The van der Waals surface area contributed by atoms with Crippen LogP contribution in [0.1, 0.15) is 43.3 Å². The number of carbonyl (C=O) groups excluding carboxylic acids is 3. The van der Waals surface area contributed by atoms with Crippen LogP contribution in [0.5, 0.6) is 0 Å². The minimum atomic E-state index is -0.164. The Morgan fingerprint density at radius 3 is 2.32 bits per heavy atom. The molecule has 8 nitrogen and oxygen atoms in total. The predicted octanol–water partition coefficient (Wildman–Crippen LogP) is 3.34. The zero-order chi connectivity index (χ0) is 23.5. The highest BCUT2D eigenvalue weighted by molar-refractivity contribution is 6.01. The van der Waals surface area contributed by atoms with E-state index < -0.39 is 0 Å². The Morgan fingerprint density at radius 2 is 1.62 bits per heavy atom. The normalized spacial score (nSPS) is 13.9. The lowest BCUT2D eigenvalue weighted by atomic mass is 10.0. The zero-order valence-corrected chi connectivity index (χ0v) is 18.6. The van der Waals surface area contributed by atoms with Gasteiger partial charge in [0.15, 0.2) is 11.5 Å². The van der Waals surface area contributed by atoms with Crippen molar-refractivity contribution in [3.05, 3.63) is 95.7 Å². The van der Waals surface area contributed by atoms with E-state index in [1.165, 1.54) is 6.26 Å². The van der Waals surface area contributed by atoms with Gasteiger partial charge in [-0.2, -0.15) is 5.10 Å². The summed E-state index contributed by atoms with van der Waals surface area (Å²) >= 11 is 0. The maximum Gasteiger partial charge on any atom is 0.289 e. The molecular weight excluding hydrogens is 432 g/mol. The molecule has 0 atom stereocenters. The summed E-state index contributed by atoms with van der Waals surface area (Å²) in [6, 6.07) is 16.4. The molecule has 0 aliphatic carbocycles. The number of furan rings is 1. The number of hydrogen-bond acceptors (Lipinski definition) is 5. The summed E-state index contributed by atoms with van der Waals surface area (Å²) in [4.78, 5) is 41.6. The second-order valence-corrected chi connectivity index (χ2v) is 8.27. The third-order valence-electron chi connectivity index (χ3n) is 6.14. The van der Waals surface area contributed by atoms with Crippen molar-refractivity contribution in [2.75, 3.05) is 26.2 Å². The Hall–Kier alpha value is -4.20. The van der Waals surface area contributed by atoms with Crippen molar-refractivity contribution in [1.82, 2.24) is 19.4 Å². The fraction of sp³-hybridized carbons (Fsp3) is 0.231. The van der Waals surface area contributed by atoms with Gasteiger partial charge in [0.2, 0.25) is 0 Å². The molecule has 0 spiro atoms. The number of carbonyl (C=O) groups is 3. The van der Waals surface area contributed by atoms with E-state index in [0.29, 0.717) is 61.4 Å². The van der Waals surface area contributed by atoms with Gasteiger partial charge in [-0.3, -0.25) is 14.4 Å². The van der Waals surface area contributed by atoms with Crippen molar-refractivity contribution in [3.63, 3.8) is 0 Å². The third-order valence-corrected chi connectivity index (χ3v) is 6.14. The van der Waals surface area contributed by atoms with Crippen LogP contribution in [0.3, 0.4) is 0 Å². The number of piperazine rings is 1. The number of rotatable bonds is 6. The first kappa shape index (κ1) is 21.6. The second-order valence-electron chi connectivity index (χ2n) is 8.27. The van der Waals surface area contributed by atoms with Crippen molar-refractivity contribution >= 4 is 23.1 Å². The van der Waals surface area contributed by atoms with Gasteiger partial charge in [-0.25, -0.2) is 4.52 Å². The van der Waals surface area contributed by atoms with Crippen LogP contribution in [0, 0.1) is 0 Å². The Labute approximate surface area is 196 Å². The zero-order valence-electron chi connectivity index (χ0n) is 18.6. The van der Waals surface area contributed by atoms with Crippen LogP contribution in [-0.2, 0) is 6.42 Å². The molecule has 0 saturated carbocycles. The summed E-state index contributed by atoms with van der Waals surface area (Å²) in [5.74, 6) is 0.119. The summed E-state index contributed by atoms with van der Waals surface area (Å²) in [6.45, 7) is 1.76. The number of hydrogen-bond donors (Lipinski definition) is 0. The lowest BCUT2D eigenvalue weighted by Crippen LogP contribution is -2.50. The number of benzene rings is 1. The number of ketones is 1. The van der Waals surface area contributed by atoms with Crippen molar-refractivity contribution < 1.29 is 18.8 Å². The molecule has 4 heterocycles. The Kier molecular flexibility index (Phi) is 5.95. The number of fused-ring (bicyclic) bond motifs is 1. The van der Waals surface area contributed by atoms with Gasteiger partial charge in [-0.1, -0.05) is 30.3 Å². The Morgan fingerprint density at radius 1 is 0.882 bits per heavy atom. The van der Waals surface area contributed by atoms with Gasteiger partial charge in [0.05, 0.1) is 23.5 Å². The smallest absolute Gasteiger partial charge is 0.289 e. The molecule has 1 fully saturated rings. The molecule has 2 amide bonds. The maximum atomic E-state index is 13.2. The van der Waals surface area contributed by atoms with Gasteiger partial charge in [0.1, 0.15) is 0 Å². The number of pyridine rings is 1. The molecule has 1 aliphatic heterocycles. The van der Waals surface area contributed by atoms with Crippen molar-refractivity contribution in [1.29, 1.82) is 0 Å². The van der Waals surface area contributed by atoms with Gasteiger partial charge in [0, 0.05) is 44.4 Å². The molecule has 1 aliphatic rings. The molecule has 3 aromatic heterocycles. The first-order valence-electron chi connectivity index (χ1n) is 11.3. The van der Waals surface area contributed by atoms with Gasteiger partial charge >= 0.3 is 0 Å². The van der Waals surface area contributed by atoms with Crippen LogP contribution < -0.4 is 0 Å². The van der Waals surface area contributed by atoms with Gasteiger partial charge in [0.25, 0.3) is 11.8 Å². The van der Waals surface area contributed by atoms with E-state index in [-0.39, 0.29) is 17.6 Å². The van der Waals surface area contributed by atoms with Crippen LogP contribution in [0.25, 0.3) is 5.52 Å². The number of Topliss-reactive ketones (excluding diaryl/α,β-unsaturated/α-hetero) is 1. The van der Waals surface area contributed by atoms with E-state index >= 15 is 0 Å². The summed E-state index contributed by atoms with van der Waals surface area (Å²) in [6.07, 6.45) is 5.84. The van der Waals surface area contributed by atoms with Crippen molar-refractivity contribution in [2.24, 2.45) is 0 Å². The van der Waals surface area contributed by atoms with Crippen molar-refractivity contribution in [3.8, 4) is 0 Å². The fourth-order valence-electron chi connectivity index (χ4n) is 4.21. The monoisotopic (exact) mass is 456 g/mol. The quantitative estimate of drug-likeness (QED) is 0.415. The molecule has 1 saturated heterocycles. The largest absolute Gasteiger partial charge is 0.459 e. The fourth-order valence-corrected chi connectivity index (χ4v) is 4.21. The van der Waals surface area contributed by atoms with E-state index in [9.17, 15) is 14.4 Å². The molecule has 1 aromatic carbocycles. The average Bonchev–Trinajstić information content (AvgIpc) is 3.57. The SMILES string of the molecule is O=C(CCc1ccn2ncc(C(=O)N3CCN(C(=O)c4ccco4)CC3)c2c1)c1ccccc1. The lowest BCUT2D eigenvalue weighted by molar-refractivity contribution is 0.0519. The van der Waals surface area contributed by atoms with E-state index in [4.69, 9.17) is 4.42 Å².